The van der Waals surface area contributed by atoms with E-state index < -0.39 is 36.6 Å². The van der Waals surface area contributed by atoms with E-state index in [-0.39, 0.29) is 5.91 Å². The number of likely N-dealkylation sites (tertiary alicyclic amines) is 1. The van der Waals surface area contributed by atoms with Crippen molar-refractivity contribution in [3.63, 3.8) is 0 Å². The quantitative estimate of drug-likeness (QED) is 0.218. The lowest BCUT2D eigenvalue weighted by Crippen LogP contribution is -2.50. The lowest BCUT2D eigenvalue weighted by atomic mass is 9.91. The van der Waals surface area contributed by atoms with Crippen molar-refractivity contribution in [1.82, 2.24) is 9.88 Å². The smallest absolute Gasteiger partial charge is 0.341 e. The summed E-state index contributed by atoms with van der Waals surface area (Å²) in [5, 5.41) is 9.05. The monoisotopic (exact) mass is 634 g/mol. The molecule has 246 valence electrons. The van der Waals surface area contributed by atoms with Crippen LogP contribution in [0, 0.1) is 0 Å². The second-order valence-corrected chi connectivity index (χ2v) is 11.0. The van der Waals surface area contributed by atoms with Crippen LogP contribution in [0.5, 0.6) is 23.0 Å². The number of hydrogen-bond donors (Lipinski definition) is 1. The molecule has 1 N–H and O–H groups in total. The first kappa shape index (κ1) is 34.1. The molecule has 1 amide bonds. The van der Waals surface area contributed by atoms with Crippen LogP contribution in [0.1, 0.15) is 67.7 Å². The molecule has 3 atom stereocenters. The molecule has 2 aromatic carbocycles. The third-order valence-electron chi connectivity index (χ3n) is 8.12. The molecule has 3 aromatic rings. The van der Waals surface area contributed by atoms with Gasteiger partial charge in [-0.15, -0.1) is 0 Å². The van der Waals surface area contributed by atoms with Crippen LogP contribution in [-0.2, 0) is 25.5 Å². The average molecular weight is 635 g/mol. The molecule has 0 bridgehead atoms. The zero-order valence-corrected chi connectivity index (χ0v) is 26.8. The fraction of sp³-hybridized carbons (Fsp3) is 0.429. The van der Waals surface area contributed by atoms with Crippen molar-refractivity contribution in [2.75, 3.05) is 34.5 Å². The molecular formula is C35H42N2O9. The van der Waals surface area contributed by atoms with Crippen molar-refractivity contribution in [2.24, 2.45) is 0 Å². The lowest BCUT2D eigenvalue weighted by molar-refractivity contribution is -0.162. The summed E-state index contributed by atoms with van der Waals surface area (Å²) >= 11 is 0. The topological polar surface area (TPSA) is 134 Å². The predicted molar refractivity (Wildman–Crippen MR) is 169 cm³/mol. The van der Waals surface area contributed by atoms with E-state index in [4.69, 9.17) is 28.8 Å². The molecule has 0 saturated carbocycles. The van der Waals surface area contributed by atoms with Gasteiger partial charge in [0.05, 0.1) is 27.2 Å². The number of pyridine rings is 1. The van der Waals surface area contributed by atoms with Crippen LogP contribution in [-0.4, -0.2) is 73.4 Å². The predicted octanol–water partition coefficient (Wildman–Crippen LogP) is 5.36. The van der Waals surface area contributed by atoms with Crippen LogP contribution in [0.2, 0.25) is 0 Å². The number of hydrogen-bond acceptors (Lipinski definition) is 9. The summed E-state index contributed by atoms with van der Waals surface area (Å²) in [6.07, 6.45) is 6.35. The van der Waals surface area contributed by atoms with Gasteiger partial charge in [0, 0.05) is 18.9 Å². The minimum atomic E-state index is -1.09. The summed E-state index contributed by atoms with van der Waals surface area (Å²) in [4.78, 5) is 45.0. The standard InChI is InChI=1S/C35H42N2O9/c1-5-27(25-19-30(42-2)33(44-4)31(20-25)43-3)34(40)37-17-7-6-13-28(37)35(41)46-29(15-14-23-10-9-16-36-21-23)24-11-8-12-26(18-24)45-22-32(38)39/h8-12,16,18-21,27-29H,5-7,13-15,17,22H2,1-4H3,(H,38,39)/t27?,28-,29?/m0/s1. The number of methoxy groups -OCH3 is 3. The largest absolute Gasteiger partial charge is 0.493 e. The van der Waals surface area contributed by atoms with Crippen LogP contribution in [0.15, 0.2) is 60.9 Å². The Morgan fingerprint density at radius 2 is 1.74 bits per heavy atom. The number of piperidine rings is 1. The van der Waals surface area contributed by atoms with Crippen LogP contribution in [0.25, 0.3) is 0 Å². The minimum absolute atomic E-state index is 0.172. The average Bonchev–Trinajstić information content (AvgIpc) is 3.09. The van der Waals surface area contributed by atoms with Crippen LogP contribution < -0.4 is 18.9 Å². The summed E-state index contributed by atoms with van der Waals surface area (Å²) in [7, 11) is 4.58. The maximum atomic E-state index is 14.2. The Labute approximate surface area is 269 Å². The number of amides is 1. The number of carbonyl (C=O) groups is 3. The van der Waals surface area contributed by atoms with Gasteiger partial charge in [0.1, 0.15) is 17.9 Å². The summed E-state index contributed by atoms with van der Waals surface area (Å²) < 4.78 is 28.1. The summed E-state index contributed by atoms with van der Waals surface area (Å²) in [6, 6.07) is 13.5. The minimum Gasteiger partial charge on any atom is -0.493 e. The van der Waals surface area contributed by atoms with Gasteiger partial charge in [-0.25, -0.2) is 9.59 Å². The highest BCUT2D eigenvalue weighted by molar-refractivity contribution is 5.89. The number of aryl methyl sites for hydroxylation is 1. The zero-order chi connectivity index (χ0) is 33.1. The Bertz CT molecular complexity index is 1450. The number of rotatable bonds is 15. The SMILES string of the molecule is CCC(C(=O)N1CCCC[C@H]1C(=O)OC(CCc1cccnc1)c1cccc(OCC(=O)O)c1)c1cc(OC)c(OC)c(OC)c1. The molecule has 11 heteroatoms. The van der Waals surface area contributed by atoms with Gasteiger partial charge in [0.2, 0.25) is 11.7 Å². The van der Waals surface area contributed by atoms with Crippen LogP contribution >= 0.6 is 0 Å². The Kier molecular flexibility index (Phi) is 12.2. The third kappa shape index (κ3) is 8.47. The molecule has 11 nitrogen and oxygen atoms in total. The van der Waals surface area contributed by atoms with Gasteiger partial charge in [-0.3, -0.25) is 9.78 Å². The van der Waals surface area contributed by atoms with E-state index in [0.29, 0.717) is 66.4 Å². The van der Waals surface area contributed by atoms with Crippen LogP contribution in [0.3, 0.4) is 0 Å². The fourth-order valence-corrected chi connectivity index (χ4v) is 5.80. The molecule has 4 rings (SSSR count). The van der Waals surface area contributed by atoms with Gasteiger partial charge < -0.3 is 33.7 Å². The van der Waals surface area contributed by atoms with E-state index in [1.165, 1.54) is 21.3 Å². The Morgan fingerprint density at radius 1 is 0.978 bits per heavy atom. The van der Waals surface area contributed by atoms with E-state index >= 15 is 0 Å². The summed E-state index contributed by atoms with van der Waals surface area (Å²) in [6.45, 7) is 1.86. The molecular weight excluding hydrogens is 592 g/mol. The molecule has 2 heterocycles. The Morgan fingerprint density at radius 3 is 2.37 bits per heavy atom. The molecule has 0 radical (unpaired) electrons. The molecule has 46 heavy (non-hydrogen) atoms. The number of nitrogens with zero attached hydrogens (tertiary/aromatic N) is 2. The van der Waals surface area contributed by atoms with E-state index in [9.17, 15) is 14.4 Å². The number of esters is 1. The van der Waals surface area contributed by atoms with Gasteiger partial charge in [-0.1, -0.05) is 25.1 Å². The molecule has 1 aromatic heterocycles. The molecule has 1 saturated heterocycles. The highest BCUT2D eigenvalue weighted by Gasteiger charge is 2.38. The Balaban J connectivity index is 1.59. The Hall–Kier alpha value is -4.80. The molecule has 0 spiro atoms. The molecule has 1 fully saturated rings. The van der Waals surface area contributed by atoms with Crippen molar-refractivity contribution >= 4 is 17.8 Å². The van der Waals surface area contributed by atoms with Gasteiger partial charge in [-0.05, 0) is 85.5 Å². The fourth-order valence-electron chi connectivity index (χ4n) is 5.80. The van der Waals surface area contributed by atoms with Crippen molar-refractivity contribution in [2.45, 2.75) is 63.5 Å². The van der Waals surface area contributed by atoms with E-state index in [0.717, 1.165) is 18.4 Å². The maximum absolute atomic E-state index is 14.2. The summed E-state index contributed by atoms with van der Waals surface area (Å²) in [5.41, 5.74) is 2.34. The normalized spacial score (nSPS) is 15.7. The van der Waals surface area contributed by atoms with Crippen LogP contribution in [0.4, 0.5) is 0 Å². The van der Waals surface area contributed by atoms with Crippen molar-refractivity contribution in [3.8, 4) is 23.0 Å². The second kappa shape index (κ2) is 16.5. The number of benzene rings is 2. The number of carboxylic acid groups (broad SMARTS) is 1. The van der Waals surface area contributed by atoms with Crippen molar-refractivity contribution in [1.29, 1.82) is 0 Å². The first-order chi connectivity index (χ1) is 22.3. The number of carbonyl (C=O) groups excluding carboxylic acids is 2. The van der Waals surface area contributed by atoms with E-state index in [1.54, 1.807) is 47.6 Å². The van der Waals surface area contributed by atoms with E-state index in [1.807, 2.05) is 25.1 Å². The molecule has 1 aliphatic heterocycles. The van der Waals surface area contributed by atoms with Gasteiger partial charge in [0.15, 0.2) is 18.1 Å². The number of aliphatic carboxylic acids is 1. The van der Waals surface area contributed by atoms with E-state index in [2.05, 4.69) is 4.98 Å². The highest BCUT2D eigenvalue weighted by Crippen LogP contribution is 2.41. The van der Waals surface area contributed by atoms with Gasteiger partial charge >= 0.3 is 11.9 Å². The number of aromatic nitrogens is 1. The van der Waals surface area contributed by atoms with Crippen molar-refractivity contribution < 1.29 is 43.2 Å². The summed E-state index contributed by atoms with van der Waals surface area (Å²) in [5.74, 6) is -0.615. The van der Waals surface area contributed by atoms with Gasteiger partial charge in [0.25, 0.3) is 0 Å². The van der Waals surface area contributed by atoms with Crippen molar-refractivity contribution in [3.05, 3.63) is 77.6 Å². The molecule has 1 aliphatic rings. The lowest BCUT2D eigenvalue weighted by Gasteiger charge is -2.37. The first-order valence-electron chi connectivity index (χ1n) is 15.4. The first-order valence-corrected chi connectivity index (χ1v) is 15.4. The second-order valence-electron chi connectivity index (χ2n) is 11.0. The third-order valence-corrected chi connectivity index (χ3v) is 8.12. The van der Waals surface area contributed by atoms with Gasteiger partial charge in [-0.2, -0.15) is 0 Å². The zero-order valence-electron chi connectivity index (χ0n) is 26.8. The number of carboxylic acids is 1. The number of ether oxygens (including phenoxy) is 5. The molecule has 2 unspecified atom stereocenters. The molecule has 0 aliphatic carbocycles. The highest BCUT2D eigenvalue weighted by atomic mass is 16.5. The maximum Gasteiger partial charge on any atom is 0.341 e.